The highest BCUT2D eigenvalue weighted by molar-refractivity contribution is 6.73. The third-order valence-corrected chi connectivity index (χ3v) is 7.19. The maximum Gasteiger partial charge on any atom is 0.260 e. The first kappa shape index (κ1) is 12.6. The highest BCUT2D eigenvalue weighted by Gasteiger charge is 2.31. The molecule has 0 N–H and O–H groups in total. The highest BCUT2D eigenvalue weighted by Crippen LogP contribution is 2.24. The second-order valence-electron chi connectivity index (χ2n) is 3.16. The molecule has 0 saturated carbocycles. The molecular formula is C10H22O2Si. The van der Waals surface area contributed by atoms with Crippen molar-refractivity contribution in [1.29, 1.82) is 0 Å². The van der Waals surface area contributed by atoms with Gasteiger partial charge in [0, 0.05) is 0 Å². The van der Waals surface area contributed by atoms with Crippen LogP contribution in [0.25, 0.3) is 0 Å². The summed E-state index contributed by atoms with van der Waals surface area (Å²) in [5.41, 5.74) is 0. The largest absolute Gasteiger partial charge is 0.519 e. The zero-order valence-electron chi connectivity index (χ0n) is 9.52. The van der Waals surface area contributed by atoms with E-state index < -0.39 is 8.32 Å². The van der Waals surface area contributed by atoms with Crippen LogP contribution in [-0.4, -0.2) is 15.4 Å². The van der Waals surface area contributed by atoms with E-state index in [2.05, 4.69) is 20.8 Å². The number of hydrogen-bond donors (Lipinski definition) is 0. The van der Waals surface area contributed by atoms with E-state index in [0.29, 0.717) is 5.95 Å². The number of rotatable bonds is 6. The van der Waals surface area contributed by atoms with Crippen LogP contribution in [0.1, 0.15) is 27.7 Å². The Morgan fingerprint density at radius 3 is 1.85 bits per heavy atom. The van der Waals surface area contributed by atoms with Gasteiger partial charge in [-0.05, 0) is 31.1 Å². The predicted octanol–water partition coefficient (Wildman–Crippen LogP) is 3.52. The molecule has 0 atom stereocenters. The molecule has 78 valence electrons. The summed E-state index contributed by atoms with van der Waals surface area (Å²) in [6, 6.07) is 3.46. The minimum Gasteiger partial charge on any atom is -0.519 e. The number of ether oxygens (including phenoxy) is 1. The van der Waals surface area contributed by atoms with E-state index in [1.807, 2.05) is 13.0 Å². The summed E-state index contributed by atoms with van der Waals surface area (Å²) in [6.45, 7) is 8.57. The molecule has 0 radical (unpaired) electrons. The summed E-state index contributed by atoms with van der Waals surface area (Å²) in [6.07, 6.45) is 1.89. The monoisotopic (exact) mass is 202 g/mol. The van der Waals surface area contributed by atoms with Gasteiger partial charge in [0.15, 0.2) is 0 Å². The van der Waals surface area contributed by atoms with E-state index in [4.69, 9.17) is 9.16 Å². The van der Waals surface area contributed by atoms with E-state index in [1.165, 1.54) is 0 Å². The molecule has 0 saturated heterocycles. The Balaban J connectivity index is 4.40. The zero-order chi connectivity index (χ0) is 10.3. The first-order chi connectivity index (χ1) is 6.17. The van der Waals surface area contributed by atoms with Gasteiger partial charge in [0.25, 0.3) is 14.3 Å². The summed E-state index contributed by atoms with van der Waals surface area (Å²) < 4.78 is 11.1. The van der Waals surface area contributed by atoms with Crippen molar-refractivity contribution >= 4 is 8.32 Å². The maximum absolute atomic E-state index is 5.96. The lowest BCUT2D eigenvalue weighted by Gasteiger charge is -2.29. The van der Waals surface area contributed by atoms with Gasteiger partial charge in [0.1, 0.15) is 0 Å². The van der Waals surface area contributed by atoms with Gasteiger partial charge < -0.3 is 9.16 Å². The van der Waals surface area contributed by atoms with E-state index in [-0.39, 0.29) is 0 Å². The molecule has 2 nitrogen and oxygen atoms in total. The third kappa shape index (κ3) is 3.42. The van der Waals surface area contributed by atoms with Crippen molar-refractivity contribution in [2.75, 3.05) is 7.11 Å². The Bertz CT molecular complexity index is 154. The minimum atomic E-state index is -1.52. The molecular weight excluding hydrogens is 180 g/mol. The average Bonchev–Trinajstić information content (AvgIpc) is 2.21. The van der Waals surface area contributed by atoms with E-state index in [0.717, 1.165) is 18.1 Å². The van der Waals surface area contributed by atoms with Gasteiger partial charge in [-0.15, -0.1) is 0 Å². The first-order valence-corrected chi connectivity index (χ1v) is 7.60. The number of hydrogen-bond acceptors (Lipinski definition) is 2. The lowest BCUT2D eigenvalue weighted by atomic mass is 10.7. The summed E-state index contributed by atoms with van der Waals surface area (Å²) >= 11 is 0. The van der Waals surface area contributed by atoms with Crippen molar-refractivity contribution < 1.29 is 9.16 Å². The predicted molar refractivity (Wildman–Crippen MR) is 59.0 cm³/mol. The number of allylic oxidation sites excluding steroid dienone is 1. The molecule has 0 bridgehead atoms. The van der Waals surface area contributed by atoms with Crippen molar-refractivity contribution in [3.05, 3.63) is 12.0 Å². The van der Waals surface area contributed by atoms with Crippen molar-refractivity contribution in [3.63, 3.8) is 0 Å². The molecule has 0 spiro atoms. The Labute approximate surface area is 83.1 Å². The minimum absolute atomic E-state index is 0.692. The van der Waals surface area contributed by atoms with Crippen LogP contribution in [0.15, 0.2) is 12.0 Å². The molecule has 3 heteroatoms. The molecule has 0 aliphatic heterocycles. The Morgan fingerprint density at radius 2 is 1.62 bits per heavy atom. The van der Waals surface area contributed by atoms with Gasteiger partial charge in [-0.3, -0.25) is 0 Å². The molecule has 0 aromatic rings. The van der Waals surface area contributed by atoms with Crippen LogP contribution in [0.5, 0.6) is 0 Å². The van der Waals surface area contributed by atoms with Crippen molar-refractivity contribution in [2.45, 2.75) is 45.8 Å². The first-order valence-electron chi connectivity index (χ1n) is 5.07. The Hall–Kier alpha value is -0.443. The average molecular weight is 202 g/mol. The molecule has 0 fully saturated rings. The highest BCUT2D eigenvalue weighted by atomic mass is 28.4. The lowest BCUT2D eigenvalue weighted by Crippen LogP contribution is -2.35. The van der Waals surface area contributed by atoms with E-state index in [1.54, 1.807) is 7.11 Å². The quantitative estimate of drug-likeness (QED) is 0.485. The molecule has 0 aliphatic rings. The number of methoxy groups -OCH3 is 1. The maximum atomic E-state index is 5.96. The smallest absolute Gasteiger partial charge is 0.260 e. The molecule has 0 aliphatic carbocycles. The van der Waals surface area contributed by atoms with Gasteiger partial charge in [-0.2, -0.15) is 0 Å². The molecule has 0 aromatic heterocycles. The molecule has 0 rings (SSSR count). The standard InChI is InChI=1S/C10H22O2Si/c1-6-10(11-5)12-13(7-2,8-3)9-4/h6H,7-9H2,1-5H3. The van der Waals surface area contributed by atoms with Crippen LogP contribution >= 0.6 is 0 Å². The summed E-state index contributed by atoms with van der Waals surface area (Å²) in [7, 11) is 0.146. The van der Waals surface area contributed by atoms with Crippen LogP contribution in [-0.2, 0) is 9.16 Å². The molecule has 0 amide bonds. The molecule has 0 heterocycles. The zero-order valence-corrected chi connectivity index (χ0v) is 10.5. The van der Waals surface area contributed by atoms with E-state index in [9.17, 15) is 0 Å². The fourth-order valence-electron chi connectivity index (χ4n) is 1.40. The van der Waals surface area contributed by atoms with Crippen molar-refractivity contribution in [1.82, 2.24) is 0 Å². The van der Waals surface area contributed by atoms with Crippen LogP contribution in [0.4, 0.5) is 0 Å². The summed E-state index contributed by atoms with van der Waals surface area (Å²) in [4.78, 5) is 0. The van der Waals surface area contributed by atoms with Gasteiger partial charge >= 0.3 is 0 Å². The van der Waals surface area contributed by atoms with E-state index >= 15 is 0 Å². The van der Waals surface area contributed by atoms with Crippen LogP contribution in [0, 0.1) is 0 Å². The van der Waals surface area contributed by atoms with Crippen molar-refractivity contribution in [2.24, 2.45) is 0 Å². The fraction of sp³-hybridized carbons (Fsp3) is 0.800. The van der Waals surface area contributed by atoms with Crippen LogP contribution in [0.2, 0.25) is 18.1 Å². The van der Waals surface area contributed by atoms with Crippen LogP contribution < -0.4 is 0 Å². The molecule has 13 heavy (non-hydrogen) atoms. The summed E-state index contributed by atoms with van der Waals surface area (Å²) in [5, 5.41) is 0. The molecule has 0 unspecified atom stereocenters. The second kappa shape index (κ2) is 6.08. The van der Waals surface area contributed by atoms with Gasteiger partial charge in [-0.25, -0.2) is 0 Å². The fourth-order valence-corrected chi connectivity index (χ4v) is 3.96. The summed E-state index contributed by atoms with van der Waals surface area (Å²) in [5.74, 6) is 0.692. The Morgan fingerprint density at radius 1 is 1.15 bits per heavy atom. The SMILES string of the molecule is CC=C(OC)O[Si](CC)(CC)CC. The van der Waals surface area contributed by atoms with Crippen LogP contribution in [0.3, 0.4) is 0 Å². The Kier molecular flexibility index (Phi) is 5.87. The van der Waals surface area contributed by atoms with Gasteiger partial charge in [0.2, 0.25) is 0 Å². The second-order valence-corrected chi connectivity index (χ2v) is 7.85. The molecule has 0 aromatic carbocycles. The van der Waals surface area contributed by atoms with Gasteiger partial charge in [-0.1, -0.05) is 20.8 Å². The van der Waals surface area contributed by atoms with Gasteiger partial charge in [0.05, 0.1) is 7.11 Å². The topological polar surface area (TPSA) is 18.5 Å². The van der Waals surface area contributed by atoms with Crippen molar-refractivity contribution in [3.8, 4) is 0 Å². The third-order valence-electron chi connectivity index (χ3n) is 2.69. The normalized spacial score (nSPS) is 12.8. The lowest BCUT2D eigenvalue weighted by molar-refractivity contribution is 0.143.